The van der Waals surface area contributed by atoms with Crippen LogP contribution in [0.4, 0.5) is 5.00 Å². The van der Waals surface area contributed by atoms with Crippen molar-refractivity contribution < 1.29 is 9.53 Å². The molecule has 0 saturated carbocycles. The van der Waals surface area contributed by atoms with Gasteiger partial charge < -0.3 is 10.1 Å². The lowest BCUT2D eigenvalue weighted by atomic mass is 10.4. The summed E-state index contributed by atoms with van der Waals surface area (Å²) in [6, 6.07) is 0. The number of carbonyl (C=O) groups excluding carboxylic acids is 1. The van der Waals surface area contributed by atoms with E-state index in [4.69, 9.17) is 4.74 Å². The average molecular weight is 212 g/mol. The van der Waals surface area contributed by atoms with Crippen LogP contribution in [0.25, 0.3) is 0 Å². The number of esters is 1. The third kappa shape index (κ3) is 2.56. The van der Waals surface area contributed by atoms with Crippen LogP contribution in [-0.4, -0.2) is 24.1 Å². The quantitative estimate of drug-likeness (QED) is 0.598. The van der Waals surface area contributed by atoms with Crippen molar-refractivity contribution in [1.82, 2.24) is 4.98 Å². The molecule has 0 spiro atoms. The maximum absolute atomic E-state index is 11.3. The number of nitrogens with one attached hydrogen (secondary N) is 1. The molecule has 14 heavy (non-hydrogen) atoms. The minimum atomic E-state index is -0.389. The summed E-state index contributed by atoms with van der Waals surface area (Å²) in [5, 5.41) is 3.74. The van der Waals surface area contributed by atoms with Crippen molar-refractivity contribution in [3.63, 3.8) is 0 Å². The van der Waals surface area contributed by atoms with Gasteiger partial charge in [-0.1, -0.05) is 6.08 Å². The normalized spacial score (nSPS) is 9.50. The topological polar surface area (TPSA) is 51.2 Å². The van der Waals surface area contributed by atoms with Crippen molar-refractivity contribution in [2.75, 3.05) is 18.5 Å². The molecule has 1 N–H and O–H groups in total. The smallest absolute Gasteiger partial charge is 0.360 e. The molecule has 0 radical (unpaired) electrons. The van der Waals surface area contributed by atoms with Crippen LogP contribution in [-0.2, 0) is 4.74 Å². The molecule has 0 fully saturated rings. The zero-order chi connectivity index (χ0) is 10.4. The number of thiazole rings is 1. The maximum Gasteiger partial charge on any atom is 0.360 e. The first-order valence-electron chi connectivity index (χ1n) is 4.25. The molecule has 0 saturated heterocycles. The predicted molar refractivity (Wildman–Crippen MR) is 56.8 cm³/mol. The molecule has 4 nitrogen and oxygen atoms in total. The second kappa shape index (κ2) is 5.39. The molecule has 1 aromatic rings. The van der Waals surface area contributed by atoms with Crippen LogP contribution in [0.2, 0.25) is 0 Å². The summed E-state index contributed by atoms with van der Waals surface area (Å²) in [7, 11) is 0. The van der Waals surface area contributed by atoms with E-state index in [9.17, 15) is 4.79 Å². The van der Waals surface area contributed by atoms with E-state index in [1.807, 2.05) is 0 Å². The third-order valence-corrected chi connectivity index (χ3v) is 2.23. The van der Waals surface area contributed by atoms with Crippen LogP contribution in [0.15, 0.2) is 18.2 Å². The van der Waals surface area contributed by atoms with Crippen molar-refractivity contribution in [3.8, 4) is 0 Å². The molecular weight excluding hydrogens is 200 g/mol. The second-order valence-electron chi connectivity index (χ2n) is 2.42. The van der Waals surface area contributed by atoms with Gasteiger partial charge in [-0.2, -0.15) is 0 Å². The Morgan fingerprint density at radius 3 is 3.29 bits per heavy atom. The Balaban J connectivity index is 2.70. The molecule has 5 heteroatoms. The van der Waals surface area contributed by atoms with Crippen molar-refractivity contribution in [1.29, 1.82) is 0 Å². The molecule has 1 heterocycles. The number of hydrogen-bond donors (Lipinski definition) is 1. The third-order valence-electron chi connectivity index (χ3n) is 1.44. The Hall–Kier alpha value is -1.36. The molecule has 0 aliphatic carbocycles. The van der Waals surface area contributed by atoms with Crippen molar-refractivity contribution in [2.45, 2.75) is 6.92 Å². The first-order valence-corrected chi connectivity index (χ1v) is 5.13. The molecule has 0 bridgehead atoms. The fourth-order valence-electron chi connectivity index (χ4n) is 0.881. The summed E-state index contributed by atoms with van der Waals surface area (Å²) < 4.78 is 4.85. The lowest BCUT2D eigenvalue weighted by molar-refractivity contribution is 0.0521. The molecule has 0 aromatic carbocycles. The number of carbonyl (C=O) groups is 1. The summed E-state index contributed by atoms with van der Waals surface area (Å²) in [6.45, 7) is 6.31. The van der Waals surface area contributed by atoms with Gasteiger partial charge in [-0.15, -0.1) is 17.9 Å². The monoisotopic (exact) mass is 212 g/mol. The standard InChI is InChI=1S/C9H12N2O2S/c1-3-5-10-8-7(11-6-14-8)9(12)13-4-2/h3,6,10H,1,4-5H2,2H3. The van der Waals surface area contributed by atoms with Gasteiger partial charge in [0, 0.05) is 6.54 Å². The lowest BCUT2D eigenvalue weighted by Gasteiger charge is -2.02. The van der Waals surface area contributed by atoms with E-state index in [0.717, 1.165) is 5.00 Å². The van der Waals surface area contributed by atoms with Gasteiger partial charge in [-0.25, -0.2) is 9.78 Å². The summed E-state index contributed by atoms with van der Waals surface area (Å²) in [6.07, 6.45) is 1.72. The SMILES string of the molecule is C=CCNc1scnc1C(=O)OCC. The van der Waals surface area contributed by atoms with Gasteiger partial charge in [-0.3, -0.25) is 0 Å². The van der Waals surface area contributed by atoms with E-state index in [1.165, 1.54) is 11.3 Å². The lowest BCUT2D eigenvalue weighted by Crippen LogP contribution is -2.08. The number of rotatable bonds is 5. The predicted octanol–water partition coefficient (Wildman–Crippen LogP) is 1.92. The van der Waals surface area contributed by atoms with Gasteiger partial charge in [0.2, 0.25) is 0 Å². The second-order valence-corrected chi connectivity index (χ2v) is 3.27. The minimum absolute atomic E-state index is 0.346. The van der Waals surface area contributed by atoms with Crippen LogP contribution < -0.4 is 5.32 Å². The van der Waals surface area contributed by atoms with Crippen LogP contribution >= 0.6 is 11.3 Å². The largest absolute Gasteiger partial charge is 0.461 e. The summed E-state index contributed by atoms with van der Waals surface area (Å²) in [5.74, 6) is -0.389. The molecule has 0 atom stereocenters. The zero-order valence-electron chi connectivity index (χ0n) is 7.95. The molecular formula is C9H12N2O2S. The number of hydrogen-bond acceptors (Lipinski definition) is 5. The molecule has 0 amide bonds. The fraction of sp³-hybridized carbons (Fsp3) is 0.333. The number of nitrogens with zero attached hydrogens (tertiary/aromatic N) is 1. The minimum Gasteiger partial charge on any atom is -0.461 e. The van der Waals surface area contributed by atoms with Gasteiger partial charge in [-0.05, 0) is 6.92 Å². The maximum atomic E-state index is 11.3. The van der Waals surface area contributed by atoms with Crippen LogP contribution in [0.5, 0.6) is 0 Å². The summed E-state index contributed by atoms with van der Waals surface area (Å²) in [5.41, 5.74) is 1.95. The zero-order valence-corrected chi connectivity index (χ0v) is 8.76. The molecule has 0 aliphatic heterocycles. The van der Waals surface area contributed by atoms with E-state index >= 15 is 0 Å². The Morgan fingerprint density at radius 2 is 2.64 bits per heavy atom. The van der Waals surface area contributed by atoms with Gasteiger partial charge in [0.1, 0.15) is 5.00 Å². The highest BCUT2D eigenvalue weighted by molar-refractivity contribution is 7.14. The van der Waals surface area contributed by atoms with Crippen molar-refractivity contribution in [2.24, 2.45) is 0 Å². The Bertz CT molecular complexity index is 322. The van der Waals surface area contributed by atoms with Crippen LogP contribution in [0.3, 0.4) is 0 Å². The number of ether oxygens (including phenoxy) is 1. The molecule has 1 rings (SSSR count). The van der Waals surface area contributed by atoms with E-state index in [0.29, 0.717) is 18.8 Å². The fourth-order valence-corrected chi connectivity index (χ4v) is 1.56. The molecule has 1 aromatic heterocycles. The Morgan fingerprint density at radius 1 is 1.86 bits per heavy atom. The van der Waals surface area contributed by atoms with E-state index < -0.39 is 0 Å². The summed E-state index contributed by atoms with van der Waals surface area (Å²) >= 11 is 1.37. The average Bonchev–Trinajstić information content (AvgIpc) is 2.63. The van der Waals surface area contributed by atoms with E-state index in [2.05, 4.69) is 16.9 Å². The van der Waals surface area contributed by atoms with Gasteiger partial charge in [0.05, 0.1) is 12.1 Å². The van der Waals surface area contributed by atoms with Gasteiger partial charge in [0.15, 0.2) is 5.69 Å². The first kappa shape index (κ1) is 10.7. The number of anilines is 1. The van der Waals surface area contributed by atoms with Crippen molar-refractivity contribution in [3.05, 3.63) is 23.9 Å². The Labute approximate surface area is 86.6 Å². The van der Waals surface area contributed by atoms with Crippen LogP contribution in [0, 0.1) is 0 Å². The summed E-state index contributed by atoms with van der Waals surface area (Å²) in [4.78, 5) is 15.3. The molecule has 0 unspecified atom stereocenters. The Kier molecular flexibility index (Phi) is 4.12. The highest BCUT2D eigenvalue weighted by atomic mass is 32.1. The molecule has 76 valence electrons. The first-order chi connectivity index (χ1) is 6.79. The highest BCUT2D eigenvalue weighted by Gasteiger charge is 2.14. The van der Waals surface area contributed by atoms with Crippen LogP contribution in [0.1, 0.15) is 17.4 Å². The highest BCUT2D eigenvalue weighted by Crippen LogP contribution is 2.20. The van der Waals surface area contributed by atoms with E-state index in [1.54, 1.807) is 18.5 Å². The molecule has 0 aliphatic rings. The van der Waals surface area contributed by atoms with Crippen molar-refractivity contribution >= 4 is 22.3 Å². The number of aromatic nitrogens is 1. The van der Waals surface area contributed by atoms with E-state index in [-0.39, 0.29) is 5.97 Å². The van der Waals surface area contributed by atoms with Gasteiger partial charge in [0.25, 0.3) is 0 Å². The van der Waals surface area contributed by atoms with Gasteiger partial charge >= 0.3 is 5.97 Å².